The summed E-state index contributed by atoms with van der Waals surface area (Å²) < 4.78 is 15.1. The largest absolute Gasteiger partial charge is 0.482 e. The maximum absolute atomic E-state index is 12.0. The molecule has 0 aromatic heterocycles. The second-order valence-corrected chi connectivity index (χ2v) is 5.26. The van der Waals surface area contributed by atoms with E-state index >= 15 is 0 Å². The minimum Gasteiger partial charge on any atom is -0.482 e. The lowest BCUT2D eigenvalue weighted by atomic mass is 10.1. The second kappa shape index (κ2) is 8.63. The van der Waals surface area contributed by atoms with Gasteiger partial charge in [-0.25, -0.2) is 4.79 Å². The molecule has 6 heteroatoms. The lowest BCUT2D eigenvalue weighted by molar-refractivity contribution is -0.144. The number of rotatable bonds is 7. The van der Waals surface area contributed by atoms with E-state index in [4.69, 9.17) is 14.2 Å². The van der Waals surface area contributed by atoms with Gasteiger partial charge in [0.15, 0.2) is 19.0 Å². The normalized spacial score (nSPS) is 10.0. The lowest BCUT2D eigenvalue weighted by Crippen LogP contribution is -2.19. The van der Waals surface area contributed by atoms with E-state index in [9.17, 15) is 14.4 Å². The predicted octanol–water partition coefficient (Wildman–Crippen LogP) is 2.73. The summed E-state index contributed by atoms with van der Waals surface area (Å²) in [4.78, 5) is 34.5. The summed E-state index contributed by atoms with van der Waals surface area (Å²) in [6, 6.07) is 13.3. The number of benzene rings is 2. The minimum atomic E-state index is -0.631. The van der Waals surface area contributed by atoms with Gasteiger partial charge in [0.2, 0.25) is 0 Å². The Balaban J connectivity index is 1.80. The fraction of sp³-hybridized carbons (Fsp3) is 0.211. The van der Waals surface area contributed by atoms with Crippen molar-refractivity contribution in [2.45, 2.75) is 13.8 Å². The molecule has 0 aliphatic carbocycles. The number of hydrogen-bond acceptors (Lipinski definition) is 6. The molecule has 130 valence electrons. The predicted molar refractivity (Wildman–Crippen MR) is 89.7 cm³/mol. The third-order valence-corrected chi connectivity index (χ3v) is 3.24. The summed E-state index contributed by atoms with van der Waals surface area (Å²) in [5.74, 6) is -0.507. The highest BCUT2D eigenvalue weighted by Crippen LogP contribution is 2.16. The number of esters is 2. The van der Waals surface area contributed by atoms with Crippen LogP contribution in [0.15, 0.2) is 48.5 Å². The molecule has 0 saturated carbocycles. The van der Waals surface area contributed by atoms with Crippen molar-refractivity contribution in [3.8, 4) is 11.5 Å². The van der Waals surface area contributed by atoms with Gasteiger partial charge in [0.25, 0.3) is 0 Å². The van der Waals surface area contributed by atoms with Gasteiger partial charge < -0.3 is 14.2 Å². The molecule has 6 nitrogen and oxygen atoms in total. The first-order valence-corrected chi connectivity index (χ1v) is 7.61. The van der Waals surface area contributed by atoms with Crippen LogP contribution in [-0.4, -0.2) is 30.9 Å². The third-order valence-electron chi connectivity index (χ3n) is 3.24. The minimum absolute atomic E-state index is 0.274. The van der Waals surface area contributed by atoms with Crippen LogP contribution in [0.2, 0.25) is 0 Å². The molecule has 0 spiro atoms. The Labute approximate surface area is 145 Å². The molecule has 0 amide bonds. The van der Waals surface area contributed by atoms with E-state index in [2.05, 4.69) is 0 Å². The zero-order chi connectivity index (χ0) is 18.2. The summed E-state index contributed by atoms with van der Waals surface area (Å²) in [5, 5.41) is 0. The van der Waals surface area contributed by atoms with Gasteiger partial charge in [-0.1, -0.05) is 18.2 Å². The molecule has 0 heterocycles. The highest BCUT2D eigenvalue weighted by molar-refractivity contribution is 5.98. The summed E-state index contributed by atoms with van der Waals surface area (Å²) in [6.07, 6.45) is 0. The van der Waals surface area contributed by atoms with Gasteiger partial charge in [0, 0.05) is 12.5 Å². The average molecular weight is 342 g/mol. The number of para-hydroxylation sites is 1. The maximum atomic E-state index is 12.0. The van der Waals surface area contributed by atoms with Gasteiger partial charge in [-0.3, -0.25) is 9.59 Å². The second-order valence-electron chi connectivity index (χ2n) is 5.26. The molecule has 0 aliphatic heterocycles. The monoisotopic (exact) mass is 342 g/mol. The van der Waals surface area contributed by atoms with Crippen molar-refractivity contribution in [2.24, 2.45) is 0 Å². The molecule has 0 radical (unpaired) electrons. The van der Waals surface area contributed by atoms with Crippen molar-refractivity contribution in [1.82, 2.24) is 0 Å². The van der Waals surface area contributed by atoms with E-state index in [1.54, 1.807) is 12.1 Å². The van der Waals surface area contributed by atoms with Gasteiger partial charge in [-0.2, -0.15) is 0 Å². The van der Waals surface area contributed by atoms with Crippen molar-refractivity contribution >= 4 is 17.7 Å². The smallest absolute Gasteiger partial charge is 0.344 e. The van der Waals surface area contributed by atoms with E-state index in [1.807, 2.05) is 19.1 Å². The Morgan fingerprint density at radius 3 is 2.24 bits per heavy atom. The van der Waals surface area contributed by atoms with Crippen LogP contribution in [0.3, 0.4) is 0 Å². The van der Waals surface area contributed by atoms with Gasteiger partial charge in [-0.15, -0.1) is 0 Å². The Kier molecular flexibility index (Phi) is 6.28. The van der Waals surface area contributed by atoms with E-state index in [0.717, 1.165) is 5.56 Å². The van der Waals surface area contributed by atoms with Gasteiger partial charge in [0.05, 0.1) is 0 Å². The number of carbonyl (C=O) groups excluding carboxylic acids is 3. The van der Waals surface area contributed by atoms with Crippen LogP contribution in [-0.2, 0) is 14.3 Å². The van der Waals surface area contributed by atoms with Crippen LogP contribution in [0, 0.1) is 6.92 Å². The molecular formula is C19H18O6. The van der Waals surface area contributed by atoms with Crippen molar-refractivity contribution in [3.63, 3.8) is 0 Å². The summed E-state index contributed by atoms with van der Waals surface area (Å²) >= 11 is 0. The van der Waals surface area contributed by atoms with Crippen molar-refractivity contribution in [2.75, 3.05) is 13.2 Å². The van der Waals surface area contributed by atoms with Crippen molar-refractivity contribution < 1.29 is 28.6 Å². The van der Waals surface area contributed by atoms with E-state index in [1.165, 1.54) is 31.2 Å². The van der Waals surface area contributed by atoms with E-state index in [-0.39, 0.29) is 19.0 Å². The molecule has 0 N–H and O–H groups in total. The molecule has 0 fully saturated rings. The van der Waals surface area contributed by atoms with E-state index in [0.29, 0.717) is 17.1 Å². The summed E-state index contributed by atoms with van der Waals surface area (Å²) in [7, 11) is 0. The molecule has 0 aliphatic rings. The van der Waals surface area contributed by atoms with Crippen molar-refractivity contribution in [3.05, 3.63) is 59.7 Å². The van der Waals surface area contributed by atoms with Gasteiger partial charge in [0.1, 0.15) is 11.5 Å². The highest BCUT2D eigenvalue weighted by atomic mass is 16.6. The molecular weight excluding hydrogens is 324 g/mol. The quantitative estimate of drug-likeness (QED) is 0.437. The van der Waals surface area contributed by atoms with Crippen LogP contribution in [0.5, 0.6) is 11.5 Å². The Morgan fingerprint density at radius 1 is 0.920 bits per heavy atom. The molecule has 0 saturated heterocycles. The average Bonchev–Trinajstić information content (AvgIpc) is 2.59. The molecule has 0 bridgehead atoms. The number of ketones is 1. The Bertz CT molecular complexity index is 764. The topological polar surface area (TPSA) is 78.9 Å². The Hall–Kier alpha value is -3.15. The van der Waals surface area contributed by atoms with Crippen LogP contribution in [0.1, 0.15) is 22.8 Å². The van der Waals surface area contributed by atoms with Crippen molar-refractivity contribution in [1.29, 1.82) is 0 Å². The molecule has 25 heavy (non-hydrogen) atoms. The van der Waals surface area contributed by atoms with E-state index < -0.39 is 11.9 Å². The van der Waals surface area contributed by atoms with Crippen LogP contribution in [0.25, 0.3) is 0 Å². The summed E-state index contributed by atoms with van der Waals surface area (Å²) in [5.41, 5.74) is 1.25. The zero-order valence-corrected chi connectivity index (χ0v) is 14.0. The van der Waals surface area contributed by atoms with Crippen LogP contribution >= 0.6 is 0 Å². The first-order valence-electron chi connectivity index (χ1n) is 7.61. The SMILES string of the molecule is CC(=O)Oc1ccc(C(=O)COC(=O)COc2ccccc2C)cc1. The Morgan fingerprint density at radius 2 is 1.60 bits per heavy atom. The number of aryl methyl sites for hydroxylation is 1. The third kappa shape index (κ3) is 5.76. The highest BCUT2D eigenvalue weighted by Gasteiger charge is 2.11. The molecule has 0 atom stereocenters. The fourth-order valence-electron chi connectivity index (χ4n) is 2.00. The molecule has 2 rings (SSSR count). The first kappa shape index (κ1) is 18.2. The van der Waals surface area contributed by atoms with Gasteiger partial charge >= 0.3 is 11.9 Å². The van der Waals surface area contributed by atoms with Crippen LogP contribution in [0.4, 0.5) is 0 Å². The number of carbonyl (C=O) groups is 3. The molecule has 2 aromatic carbocycles. The fourth-order valence-corrected chi connectivity index (χ4v) is 2.00. The first-order chi connectivity index (χ1) is 12.0. The summed E-state index contributed by atoms with van der Waals surface area (Å²) in [6.45, 7) is 2.49. The maximum Gasteiger partial charge on any atom is 0.344 e. The number of Topliss-reactive ketones (excluding diaryl/α,β-unsaturated/α-hetero) is 1. The standard InChI is InChI=1S/C19H18O6/c1-13-5-3-4-6-18(13)23-12-19(22)24-11-17(21)15-7-9-16(10-8-15)25-14(2)20/h3-10H,11-12H2,1-2H3. The lowest BCUT2D eigenvalue weighted by Gasteiger charge is -2.09. The molecule has 2 aromatic rings. The zero-order valence-electron chi connectivity index (χ0n) is 14.0. The molecule has 0 unspecified atom stereocenters. The number of ether oxygens (including phenoxy) is 3. The number of hydrogen-bond donors (Lipinski definition) is 0. The van der Waals surface area contributed by atoms with Crippen LogP contribution < -0.4 is 9.47 Å². The van der Waals surface area contributed by atoms with Gasteiger partial charge in [-0.05, 0) is 42.8 Å².